The molecule has 0 bridgehead atoms. The summed E-state index contributed by atoms with van der Waals surface area (Å²) < 4.78 is 0. The quantitative estimate of drug-likeness (QED) is 0.886. The summed E-state index contributed by atoms with van der Waals surface area (Å²) in [6, 6.07) is 6.91. The third-order valence-corrected chi connectivity index (χ3v) is 4.83. The van der Waals surface area contributed by atoms with Crippen LogP contribution in [0.4, 0.5) is 5.69 Å². The van der Waals surface area contributed by atoms with Gasteiger partial charge in [0, 0.05) is 18.8 Å². The van der Waals surface area contributed by atoms with Crippen LogP contribution in [0.5, 0.6) is 0 Å². The van der Waals surface area contributed by atoms with Crippen LogP contribution in [-0.2, 0) is 6.42 Å². The van der Waals surface area contributed by atoms with Crippen LogP contribution in [-0.4, -0.2) is 19.6 Å². The summed E-state index contributed by atoms with van der Waals surface area (Å²) >= 11 is 0. The molecule has 18 heavy (non-hydrogen) atoms. The fourth-order valence-electron chi connectivity index (χ4n) is 3.76. The van der Waals surface area contributed by atoms with Gasteiger partial charge in [0.1, 0.15) is 0 Å². The predicted octanol–water partition coefficient (Wildman–Crippen LogP) is 2.73. The second kappa shape index (κ2) is 4.93. The second-order valence-corrected chi connectivity index (χ2v) is 6.01. The number of aryl methyl sites for hydroxylation is 1. The third kappa shape index (κ3) is 2.14. The molecule has 2 heteroatoms. The average Bonchev–Trinajstić information content (AvgIpc) is 2.92. The highest BCUT2D eigenvalue weighted by atomic mass is 15.2. The van der Waals surface area contributed by atoms with Crippen molar-refractivity contribution in [3.8, 4) is 0 Å². The summed E-state index contributed by atoms with van der Waals surface area (Å²) in [5, 5.41) is 0. The van der Waals surface area contributed by atoms with E-state index in [2.05, 4.69) is 30.0 Å². The van der Waals surface area contributed by atoms with E-state index in [0.717, 1.165) is 24.8 Å². The van der Waals surface area contributed by atoms with Crippen LogP contribution in [0.2, 0.25) is 0 Å². The van der Waals surface area contributed by atoms with Gasteiger partial charge in [-0.25, -0.2) is 0 Å². The Morgan fingerprint density at radius 3 is 2.56 bits per heavy atom. The van der Waals surface area contributed by atoms with E-state index in [0.29, 0.717) is 0 Å². The van der Waals surface area contributed by atoms with Crippen LogP contribution >= 0.6 is 0 Å². The van der Waals surface area contributed by atoms with E-state index in [1.807, 2.05) is 0 Å². The van der Waals surface area contributed by atoms with Crippen molar-refractivity contribution < 1.29 is 0 Å². The lowest BCUT2D eigenvalue weighted by Crippen LogP contribution is -2.20. The van der Waals surface area contributed by atoms with Crippen LogP contribution in [0.25, 0.3) is 0 Å². The maximum Gasteiger partial charge on any atom is 0.0369 e. The van der Waals surface area contributed by atoms with Crippen LogP contribution in [0, 0.1) is 18.8 Å². The predicted molar refractivity (Wildman–Crippen MR) is 77.0 cm³/mol. The lowest BCUT2D eigenvalue weighted by atomic mass is 10.0. The zero-order valence-electron chi connectivity index (χ0n) is 11.4. The Morgan fingerprint density at radius 1 is 1.22 bits per heavy atom. The zero-order chi connectivity index (χ0) is 12.5. The van der Waals surface area contributed by atoms with Gasteiger partial charge in [0.15, 0.2) is 0 Å². The van der Waals surface area contributed by atoms with Crippen molar-refractivity contribution in [3.05, 3.63) is 29.3 Å². The highest BCUT2D eigenvalue weighted by Gasteiger charge is 2.36. The van der Waals surface area contributed by atoms with E-state index < -0.39 is 0 Å². The van der Waals surface area contributed by atoms with E-state index in [1.165, 1.54) is 49.2 Å². The maximum atomic E-state index is 5.64. The molecule has 2 atom stereocenters. The summed E-state index contributed by atoms with van der Waals surface area (Å²) in [6.07, 6.45) is 5.35. The van der Waals surface area contributed by atoms with Gasteiger partial charge >= 0.3 is 0 Å². The Hall–Kier alpha value is -1.02. The molecule has 1 saturated carbocycles. The van der Waals surface area contributed by atoms with E-state index in [9.17, 15) is 0 Å². The number of anilines is 1. The van der Waals surface area contributed by atoms with Crippen molar-refractivity contribution in [2.75, 3.05) is 24.5 Å². The van der Waals surface area contributed by atoms with Gasteiger partial charge in [0.05, 0.1) is 0 Å². The fraction of sp³-hybridized carbons (Fsp3) is 0.625. The lowest BCUT2D eigenvalue weighted by molar-refractivity contribution is 0.494. The Morgan fingerprint density at radius 2 is 1.94 bits per heavy atom. The number of hydrogen-bond donors (Lipinski definition) is 1. The number of hydrogen-bond acceptors (Lipinski definition) is 2. The summed E-state index contributed by atoms with van der Waals surface area (Å²) in [4.78, 5) is 2.59. The van der Waals surface area contributed by atoms with Gasteiger partial charge in [-0.2, -0.15) is 0 Å². The minimum atomic E-state index is 0.744. The minimum absolute atomic E-state index is 0.744. The number of fused-ring (bicyclic) bond motifs is 1. The van der Waals surface area contributed by atoms with Crippen molar-refractivity contribution in [2.45, 2.75) is 32.6 Å². The van der Waals surface area contributed by atoms with Crippen molar-refractivity contribution >= 4 is 5.69 Å². The Balaban J connectivity index is 1.75. The summed E-state index contributed by atoms with van der Waals surface area (Å²) in [6.45, 7) is 5.51. The van der Waals surface area contributed by atoms with Crippen LogP contribution in [0.3, 0.4) is 0 Å². The molecule has 2 unspecified atom stereocenters. The standard InChI is InChI=1S/C16H24N2/c1-12-9-16(6-5-13(12)7-8-17)18-10-14-3-2-4-15(14)11-18/h5-6,9,14-15H,2-4,7-8,10-11,17H2,1H3. The van der Waals surface area contributed by atoms with Crippen molar-refractivity contribution in [3.63, 3.8) is 0 Å². The molecule has 1 aliphatic carbocycles. The molecule has 0 spiro atoms. The molecular formula is C16H24N2. The Labute approximate surface area is 110 Å². The SMILES string of the molecule is Cc1cc(N2CC3CCCC3C2)ccc1CCN. The first kappa shape index (κ1) is 12.0. The molecule has 1 heterocycles. The molecule has 98 valence electrons. The monoisotopic (exact) mass is 244 g/mol. The van der Waals surface area contributed by atoms with Crippen LogP contribution < -0.4 is 10.6 Å². The van der Waals surface area contributed by atoms with Crippen molar-refractivity contribution in [2.24, 2.45) is 17.6 Å². The molecule has 1 saturated heterocycles. The molecule has 1 aromatic rings. The normalized spacial score (nSPS) is 26.7. The third-order valence-electron chi connectivity index (χ3n) is 4.83. The van der Waals surface area contributed by atoms with Crippen molar-refractivity contribution in [1.29, 1.82) is 0 Å². The van der Waals surface area contributed by atoms with Gasteiger partial charge in [-0.05, 0) is 67.8 Å². The topological polar surface area (TPSA) is 29.3 Å². The highest BCUT2D eigenvalue weighted by Crippen LogP contribution is 2.39. The molecule has 2 N–H and O–H groups in total. The molecule has 2 fully saturated rings. The largest absolute Gasteiger partial charge is 0.371 e. The summed E-state index contributed by atoms with van der Waals surface area (Å²) in [5.41, 5.74) is 9.86. The van der Waals surface area contributed by atoms with Gasteiger partial charge in [0.25, 0.3) is 0 Å². The zero-order valence-corrected chi connectivity index (χ0v) is 11.4. The van der Waals surface area contributed by atoms with E-state index >= 15 is 0 Å². The number of nitrogens with zero attached hydrogens (tertiary/aromatic N) is 1. The lowest BCUT2D eigenvalue weighted by Gasteiger charge is -2.21. The first-order valence-corrected chi connectivity index (χ1v) is 7.32. The van der Waals surface area contributed by atoms with Gasteiger partial charge in [0.2, 0.25) is 0 Å². The number of rotatable bonds is 3. The first-order valence-electron chi connectivity index (χ1n) is 7.32. The average molecular weight is 244 g/mol. The molecule has 0 aromatic heterocycles. The molecule has 0 radical (unpaired) electrons. The molecule has 3 rings (SSSR count). The first-order chi connectivity index (χ1) is 8.78. The highest BCUT2D eigenvalue weighted by molar-refractivity contribution is 5.52. The van der Waals surface area contributed by atoms with Gasteiger partial charge < -0.3 is 10.6 Å². The Kier molecular flexibility index (Phi) is 3.29. The Bertz CT molecular complexity index is 415. The number of nitrogens with two attached hydrogens (primary N) is 1. The van der Waals surface area contributed by atoms with Crippen LogP contribution in [0.1, 0.15) is 30.4 Å². The van der Waals surface area contributed by atoms with E-state index in [-0.39, 0.29) is 0 Å². The maximum absolute atomic E-state index is 5.64. The molecule has 0 amide bonds. The van der Waals surface area contributed by atoms with Gasteiger partial charge in [-0.1, -0.05) is 12.5 Å². The van der Waals surface area contributed by atoms with Crippen LogP contribution in [0.15, 0.2) is 18.2 Å². The smallest absolute Gasteiger partial charge is 0.0369 e. The molecule has 1 aliphatic heterocycles. The second-order valence-electron chi connectivity index (χ2n) is 6.01. The molecular weight excluding hydrogens is 220 g/mol. The molecule has 2 aliphatic rings. The minimum Gasteiger partial charge on any atom is -0.371 e. The fourth-order valence-corrected chi connectivity index (χ4v) is 3.76. The van der Waals surface area contributed by atoms with E-state index in [4.69, 9.17) is 5.73 Å². The van der Waals surface area contributed by atoms with Crippen molar-refractivity contribution in [1.82, 2.24) is 0 Å². The molecule has 2 nitrogen and oxygen atoms in total. The summed E-state index contributed by atoms with van der Waals surface area (Å²) in [7, 11) is 0. The van der Waals surface area contributed by atoms with Gasteiger partial charge in [-0.15, -0.1) is 0 Å². The number of benzene rings is 1. The van der Waals surface area contributed by atoms with E-state index in [1.54, 1.807) is 0 Å². The summed E-state index contributed by atoms with van der Waals surface area (Å²) in [5.74, 6) is 1.93. The van der Waals surface area contributed by atoms with Gasteiger partial charge in [-0.3, -0.25) is 0 Å². The molecule has 1 aromatic carbocycles.